The zero-order valence-corrected chi connectivity index (χ0v) is 13.3. The van der Waals surface area contributed by atoms with E-state index in [-0.39, 0.29) is 5.82 Å². The highest BCUT2D eigenvalue weighted by Crippen LogP contribution is 2.33. The normalized spacial score (nSPS) is 11.8. The number of fused-ring (bicyclic) bond motifs is 1. The van der Waals surface area contributed by atoms with Gasteiger partial charge >= 0.3 is 6.18 Å². The quantitative estimate of drug-likeness (QED) is 0.413. The highest BCUT2D eigenvalue weighted by molar-refractivity contribution is 5.83. The third-order valence-corrected chi connectivity index (χ3v) is 4.22. The number of nitrogens with zero attached hydrogens (tertiary/aromatic N) is 2. The van der Waals surface area contributed by atoms with Crippen LogP contribution < -0.4 is 0 Å². The molecular weight excluding hydrogens is 344 g/mol. The van der Waals surface area contributed by atoms with Crippen LogP contribution in [0.4, 0.5) is 17.6 Å². The van der Waals surface area contributed by atoms with Crippen LogP contribution in [0.25, 0.3) is 27.8 Å². The van der Waals surface area contributed by atoms with Crippen LogP contribution in [0.2, 0.25) is 0 Å². The zero-order valence-electron chi connectivity index (χ0n) is 13.3. The molecule has 2 nitrogen and oxygen atoms in total. The zero-order chi connectivity index (χ0) is 18.3. The molecule has 0 bridgehead atoms. The molecule has 2 heterocycles. The summed E-state index contributed by atoms with van der Waals surface area (Å²) in [5, 5.41) is 4.25. The molecule has 0 atom stereocenters. The Morgan fingerprint density at radius 2 is 1.42 bits per heavy atom. The number of hydrogen-bond acceptors (Lipinski definition) is 1. The van der Waals surface area contributed by atoms with Crippen molar-refractivity contribution in [3.8, 4) is 22.3 Å². The maximum atomic E-state index is 13.1. The Kier molecular flexibility index (Phi) is 3.76. The molecule has 4 aromatic rings. The van der Waals surface area contributed by atoms with Crippen LogP contribution in [0.15, 0.2) is 73.1 Å². The summed E-state index contributed by atoms with van der Waals surface area (Å²) in [6.07, 6.45) is -0.983. The van der Waals surface area contributed by atoms with E-state index in [0.29, 0.717) is 5.56 Å². The van der Waals surface area contributed by atoms with Crippen LogP contribution in [0, 0.1) is 5.82 Å². The van der Waals surface area contributed by atoms with Crippen molar-refractivity contribution in [1.29, 1.82) is 0 Å². The van der Waals surface area contributed by atoms with Gasteiger partial charge in [-0.3, -0.25) is 0 Å². The first-order valence-electron chi connectivity index (χ1n) is 7.83. The second kappa shape index (κ2) is 5.98. The van der Waals surface area contributed by atoms with Crippen LogP contribution in [0.5, 0.6) is 0 Å². The van der Waals surface area contributed by atoms with Crippen LogP contribution in [0.3, 0.4) is 0 Å². The Bertz CT molecular complexity index is 1060. The van der Waals surface area contributed by atoms with Crippen LogP contribution in [-0.2, 0) is 6.18 Å². The molecule has 0 amide bonds. The number of pyridine rings is 1. The summed E-state index contributed by atoms with van der Waals surface area (Å²) in [7, 11) is 0. The molecule has 6 heteroatoms. The standard InChI is InChI=1S/C20H12F4N2/c21-17-7-3-13(4-8-17)15-9-10-26-19(11-15)18(12-25-26)14-1-5-16(6-2-14)20(22,23)24/h1-12H. The molecule has 2 aromatic carbocycles. The van der Waals surface area contributed by atoms with Crippen molar-refractivity contribution in [2.24, 2.45) is 0 Å². The molecule has 0 fully saturated rings. The van der Waals surface area contributed by atoms with Gasteiger partial charge in [0.15, 0.2) is 0 Å². The number of benzene rings is 2. The van der Waals surface area contributed by atoms with Gasteiger partial charge in [-0.05, 0) is 53.1 Å². The van der Waals surface area contributed by atoms with Crippen molar-refractivity contribution in [1.82, 2.24) is 9.61 Å². The van der Waals surface area contributed by atoms with Gasteiger partial charge in [0.1, 0.15) is 5.82 Å². The predicted molar refractivity (Wildman–Crippen MR) is 91.0 cm³/mol. The summed E-state index contributed by atoms with van der Waals surface area (Å²) in [4.78, 5) is 0. The van der Waals surface area contributed by atoms with E-state index >= 15 is 0 Å². The molecule has 26 heavy (non-hydrogen) atoms. The summed E-state index contributed by atoms with van der Waals surface area (Å²) in [6.45, 7) is 0. The van der Waals surface area contributed by atoms with Gasteiger partial charge in [-0.25, -0.2) is 8.91 Å². The fourth-order valence-corrected chi connectivity index (χ4v) is 2.86. The molecule has 0 unspecified atom stereocenters. The lowest BCUT2D eigenvalue weighted by Gasteiger charge is -2.08. The average Bonchev–Trinajstić information content (AvgIpc) is 3.05. The molecule has 0 aliphatic rings. The fourth-order valence-electron chi connectivity index (χ4n) is 2.86. The first kappa shape index (κ1) is 16.3. The third kappa shape index (κ3) is 2.94. The minimum atomic E-state index is -4.37. The maximum absolute atomic E-state index is 13.1. The van der Waals surface area contributed by atoms with E-state index in [9.17, 15) is 17.6 Å². The van der Waals surface area contributed by atoms with Gasteiger partial charge in [-0.15, -0.1) is 0 Å². The van der Waals surface area contributed by atoms with Crippen molar-refractivity contribution in [3.63, 3.8) is 0 Å². The maximum Gasteiger partial charge on any atom is 0.416 e. The first-order chi connectivity index (χ1) is 12.4. The van der Waals surface area contributed by atoms with Crippen molar-refractivity contribution in [3.05, 3.63) is 84.4 Å². The number of halogens is 4. The lowest BCUT2D eigenvalue weighted by molar-refractivity contribution is -0.137. The van der Waals surface area contributed by atoms with Gasteiger partial charge in [0.2, 0.25) is 0 Å². The largest absolute Gasteiger partial charge is 0.416 e. The van der Waals surface area contributed by atoms with E-state index < -0.39 is 11.7 Å². The Balaban J connectivity index is 1.78. The molecule has 0 radical (unpaired) electrons. The number of hydrogen-bond donors (Lipinski definition) is 0. The molecule has 0 N–H and O–H groups in total. The summed E-state index contributed by atoms with van der Waals surface area (Å²) in [5.74, 6) is -0.315. The molecule has 0 saturated carbocycles. The summed E-state index contributed by atoms with van der Waals surface area (Å²) < 4.78 is 53.0. The van der Waals surface area contributed by atoms with E-state index in [4.69, 9.17) is 0 Å². The highest BCUT2D eigenvalue weighted by atomic mass is 19.4. The number of rotatable bonds is 2. The van der Waals surface area contributed by atoms with Crippen LogP contribution in [-0.4, -0.2) is 9.61 Å². The first-order valence-corrected chi connectivity index (χ1v) is 7.83. The second-order valence-corrected chi connectivity index (χ2v) is 5.89. The molecule has 0 saturated heterocycles. The summed E-state index contributed by atoms with van der Waals surface area (Å²) in [5.41, 5.74) is 3.14. The number of aromatic nitrogens is 2. The lowest BCUT2D eigenvalue weighted by atomic mass is 10.0. The van der Waals surface area contributed by atoms with E-state index in [2.05, 4.69) is 5.10 Å². The van der Waals surface area contributed by atoms with Crippen molar-refractivity contribution in [2.45, 2.75) is 6.18 Å². The summed E-state index contributed by atoms with van der Waals surface area (Å²) >= 11 is 0. The predicted octanol–water partition coefficient (Wildman–Crippen LogP) is 5.83. The molecular formula is C20H12F4N2. The molecule has 4 rings (SSSR count). The van der Waals surface area contributed by atoms with Crippen molar-refractivity contribution < 1.29 is 17.6 Å². The smallest absolute Gasteiger partial charge is 0.240 e. The Morgan fingerprint density at radius 3 is 2.08 bits per heavy atom. The Labute approximate surface area is 146 Å². The van der Waals surface area contributed by atoms with E-state index in [1.165, 1.54) is 24.3 Å². The molecule has 2 aromatic heterocycles. The molecule has 0 aliphatic carbocycles. The average molecular weight is 356 g/mol. The second-order valence-electron chi connectivity index (χ2n) is 5.89. The van der Waals surface area contributed by atoms with Gasteiger partial charge in [0.25, 0.3) is 0 Å². The minimum Gasteiger partial charge on any atom is -0.240 e. The van der Waals surface area contributed by atoms with Gasteiger partial charge in [0.05, 0.1) is 17.3 Å². The van der Waals surface area contributed by atoms with Crippen LogP contribution in [0.1, 0.15) is 5.56 Å². The fraction of sp³-hybridized carbons (Fsp3) is 0.0500. The van der Waals surface area contributed by atoms with Crippen molar-refractivity contribution >= 4 is 5.52 Å². The van der Waals surface area contributed by atoms with Gasteiger partial charge < -0.3 is 0 Å². The van der Waals surface area contributed by atoms with Gasteiger partial charge in [0, 0.05) is 11.8 Å². The third-order valence-electron chi connectivity index (χ3n) is 4.22. The monoisotopic (exact) mass is 356 g/mol. The van der Waals surface area contributed by atoms with E-state index in [1.807, 2.05) is 12.1 Å². The van der Waals surface area contributed by atoms with Gasteiger partial charge in [-0.2, -0.15) is 18.3 Å². The minimum absolute atomic E-state index is 0.315. The van der Waals surface area contributed by atoms with Crippen molar-refractivity contribution in [2.75, 3.05) is 0 Å². The molecule has 0 aliphatic heterocycles. The molecule has 130 valence electrons. The highest BCUT2D eigenvalue weighted by Gasteiger charge is 2.30. The lowest BCUT2D eigenvalue weighted by Crippen LogP contribution is -2.03. The van der Waals surface area contributed by atoms with E-state index in [0.717, 1.165) is 34.3 Å². The van der Waals surface area contributed by atoms with Gasteiger partial charge in [-0.1, -0.05) is 24.3 Å². The van der Waals surface area contributed by atoms with E-state index in [1.54, 1.807) is 29.0 Å². The van der Waals surface area contributed by atoms with Crippen LogP contribution >= 0.6 is 0 Å². The Morgan fingerprint density at radius 1 is 0.769 bits per heavy atom. The SMILES string of the molecule is Fc1ccc(-c2ccn3ncc(-c4ccc(C(F)(F)F)cc4)c3c2)cc1. The number of alkyl halides is 3. The Hall–Kier alpha value is -3.15. The topological polar surface area (TPSA) is 17.3 Å². The summed E-state index contributed by atoms with van der Waals surface area (Å²) in [6, 6.07) is 14.8. The molecule has 0 spiro atoms.